The van der Waals surface area contributed by atoms with E-state index in [0.29, 0.717) is 6.04 Å². The molecule has 59 valence electrons. The topological polar surface area (TPSA) is 12.0 Å². The van der Waals surface area contributed by atoms with Gasteiger partial charge in [-0.25, -0.2) is 0 Å². The third-order valence-electron chi connectivity index (χ3n) is 1.69. The number of hydrogen-bond acceptors (Lipinski definition) is 1. The van der Waals surface area contributed by atoms with Gasteiger partial charge in [-0.05, 0) is 11.8 Å². The van der Waals surface area contributed by atoms with E-state index in [1.54, 1.807) is 0 Å². The van der Waals surface area contributed by atoms with E-state index in [2.05, 4.69) is 50.7 Å². The van der Waals surface area contributed by atoms with Crippen molar-refractivity contribution in [2.45, 2.75) is 40.2 Å². The average Bonchev–Trinajstić information content (AvgIpc) is 1.80. The van der Waals surface area contributed by atoms with Crippen LogP contribution < -0.4 is 5.32 Å². The van der Waals surface area contributed by atoms with Gasteiger partial charge in [-0.2, -0.15) is 0 Å². The molecule has 0 saturated carbocycles. The first kappa shape index (κ1) is 9.89. The van der Waals surface area contributed by atoms with Gasteiger partial charge in [-0.3, -0.25) is 0 Å². The predicted octanol–water partition coefficient (Wildman–Crippen LogP) is 2.23. The molecular formula is C8H16NS. The Morgan fingerprint density at radius 3 is 2.10 bits per heavy atom. The highest BCUT2D eigenvalue weighted by Crippen LogP contribution is 2.20. The van der Waals surface area contributed by atoms with Crippen LogP contribution in [0.5, 0.6) is 0 Å². The number of thiocarbonyl (C=S) groups is 1. The van der Waals surface area contributed by atoms with Gasteiger partial charge in [0.25, 0.3) is 0 Å². The van der Waals surface area contributed by atoms with Crippen molar-refractivity contribution in [1.82, 2.24) is 5.32 Å². The van der Waals surface area contributed by atoms with Crippen LogP contribution in [0, 0.1) is 5.41 Å². The van der Waals surface area contributed by atoms with Crippen LogP contribution in [0.15, 0.2) is 0 Å². The molecule has 1 nitrogen and oxygen atoms in total. The zero-order valence-electron chi connectivity index (χ0n) is 7.19. The lowest BCUT2D eigenvalue weighted by Crippen LogP contribution is -2.38. The van der Waals surface area contributed by atoms with E-state index in [-0.39, 0.29) is 5.41 Å². The second-order valence-corrected chi connectivity index (χ2v) is 3.78. The Kier molecular flexibility index (Phi) is 3.87. The first-order valence-electron chi connectivity index (χ1n) is 3.65. The van der Waals surface area contributed by atoms with E-state index >= 15 is 0 Å². The molecule has 0 bridgehead atoms. The van der Waals surface area contributed by atoms with Crippen LogP contribution in [0.3, 0.4) is 0 Å². The maximum Gasteiger partial charge on any atom is 0.134 e. The molecular weight excluding hydrogens is 142 g/mol. The monoisotopic (exact) mass is 158 g/mol. The molecule has 0 amide bonds. The Morgan fingerprint density at radius 1 is 1.50 bits per heavy atom. The quantitative estimate of drug-likeness (QED) is 0.499. The van der Waals surface area contributed by atoms with Crippen LogP contribution >= 0.6 is 12.2 Å². The van der Waals surface area contributed by atoms with Crippen LogP contribution in [0.4, 0.5) is 0 Å². The summed E-state index contributed by atoms with van der Waals surface area (Å²) in [6.07, 6.45) is 1.09. The zero-order chi connectivity index (χ0) is 8.20. The maximum atomic E-state index is 4.60. The number of hydrogen-bond donors (Lipinski definition) is 1. The fourth-order valence-electron chi connectivity index (χ4n) is 1.00. The maximum absolute atomic E-state index is 4.60. The summed E-state index contributed by atoms with van der Waals surface area (Å²) in [6.45, 7) is 8.73. The van der Waals surface area contributed by atoms with Gasteiger partial charge < -0.3 is 5.32 Å². The lowest BCUT2D eigenvalue weighted by atomic mass is 9.85. The molecule has 0 aromatic rings. The minimum Gasteiger partial charge on any atom is -0.371 e. The third kappa shape index (κ3) is 3.16. The van der Waals surface area contributed by atoms with Gasteiger partial charge in [0.15, 0.2) is 0 Å². The molecule has 2 heteroatoms. The molecule has 0 aliphatic heterocycles. The molecule has 0 spiro atoms. The van der Waals surface area contributed by atoms with Crippen LogP contribution in [-0.2, 0) is 0 Å². The van der Waals surface area contributed by atoms with E-state index in [4.69, 9.17) is 0 Å². The summed E-state index contributed by atoms with van der Waals surface area (Å²) >= 11 is 4.60. The third-order valence-corrected chi connectivity index (χ3v) is 1.80. The average molecular weight is 158 g/mol. The van der Waals surface area contributed by atoms with Gasteiger partial charge in [0.2, 0.25) is 0 Å². The van der Waals surface area contributed by atoms with E-state index in [1.807, 2.05) is 0 Å². The van der Waals surface area contributed by atoms with Crippen molar-refractivity contribution in [3.05, 3.63) is 0 Å². The van der Waals surface area contributed by atoms with Gasteiger partial charge in [0.1, 0.15) is 5.49 Å². The lowest BCUT2D eigenvalue weighted by Gasteiger charge is -2.29. The Hall–Kier alpha value is -0.110. The molecule has 0 aliphatic rings. The first-order valence-corrected chi connectivity index (χ1v) is 4.06. The second-order valence-electron chi connectivity index (χ2n) is 3.57. The van der Waals surface area contributed by atoms with Gasteiger partial charge in [0.05, 0.1) is 0 Å². The highest BCUT2D eigenvalue weighted by atomic mass is 32.1. The fraction of sp³-hybridized carbons (Fsp3) is 0.875. The highest BCUT2D eigenvalue weighted by Gasteiger charge is 2.21. The van der Waals surface area contributed by atoms with Crippen molar-refractivity contribution in [1.29, 1.82) is 0 Å². The molecule has 0 rings (SSSR count). The van der Waals surface area contributed by atoms with Crippen LogP contribution in [0.25, 0.3) is 0 Å². The Labute approximate surface area is 69.2 Å². The fourth-order valence-corrected chi connectivity index (χ4v) is 1.14. The molecule has 0 aliphatic carbocycles. The molecule has 1 radical (unpaired) electrons. The standard InChI is InChI=1S/C8H16NS/c1-5-7(9-6-10)8(2,3)4/h7H,5H2,1-4H3,(H,9,10). The van der Waals surface area contributed by atoms with E-state index in [0.717, 1.165) is 6.42 Å². The lowest BCUT2D eigenvalue weighted by molar-refractivity contribution is 0.292. The molecule has 0 saturated heterocycles. The van der Waals surface area contributed by atoms with E-state index < -0.39 is 0 Å². The minimum atomic E-state index is 0.278. The Balaban J connectivity index is 3.92. The largest absolute Gasteiger partial charge is 0.371 e. The van der Waals surface area contributed by atoms with Crippen LogP contribution in [0.1, 0.15) is 34.1 Å². The highest BCUT2D eigenvalue weighted by molar-refractivity contribution is 7.78. The first-order chi connectivity index (χ1) is 4.52. The van der Waals surface area contributed by atoms with E-state index in [1.165, 1.54) is 0 Å². The second kappa shape index (κ2) is 3.91. The molecule has 0 heterocycles. The van der Waals surface area contributed by atoms with Crippen molar-refractivity contribution < 1.29 is 0 Å². The molecule has 0 aromatic carbocycles. The summed E-state index contributed by atoms with van der Waals surface area (Å²) in [7, 11) is 0. The predicted molar refractivity (Wildman–Crippen MR) is 49.3 cm³/mol. The minimum absolute atomic E-state index is 0.278. The van der Waals surface area contributed by atoms with Gasteiger partial charge >= 0.3 is 0 Å². The molecule has 0 fully saturated rings. The van der Waals surface area contributed by atoms with Crippen LogP contribution in [-0.4, -0.2) is 11.5 Å². The van der Waals surface area contributed by atoms with Crippen molar-refractivity contribution >= 4 is 17.7 Å². The number of rotatable bonds is 3. The van der Waals surface area contributed by atoms with Crippen molar-refractivity contribution in [2.24, 2.45) is 5.41 Å². The van der Waals surface area contributed by atoms with Crippen molar-refractivity contribution in [3.8, 4) is 0 Å². The zero-order valence-corrected chi connectivity index (χ0v) is 8.01. The summed E-state index contributed by atoms with van der Waals surface area (Å²) < 4.78 is 0. The van der Waals surface area contributed by atoms with Gasteiger partial charge in [0, 0.05) is 6.04 Å². The van der Waals surface area contributed by atoms with Gasteiger partial charge in [-0.15, -0.1) is 0 Å². The normalized spacial score (nSPS) is 14.4. The Bertz CT molecular complexity index is 104. The number of nitrogens with one attached hydrogen (secondary N) is 1. The Morgan fingerprint density at radius 2 is 2.00 bits per heavy atom. The molecule has 0 aromatic heterocycles. The summed E-state index contributed by atoms with van der Waals surface area (Å²) in [4.78, 5) is 0. The van der Waals surface area contributed by atoms with Gasteiger partial charge in [-0.1, -0.05) is 39.9 Å². The van der Waals surface area contributed by atoms with E-state index in [9.17, 15) is 0 Å². The molecule has 1 atom stereocenters. The smallest absolute Gasteiger partial charge is 0.134 e. The van der Waals surface area contributed by atoms with Crippen molar-refractivity contribution in [2.75, 3.05) is 0 Å². The molecule has 10 heavy (non-hydrogen) atoms. The summed E-state index contributed by atoms with van der Waals surface area (Å²) in [5, 5.41) is 3.04. The summed E-state index contributed by atoms with van der Waals surface area (Å²) in [5.41, 5.74) is 2.84. The molecule has 1 N–H and O–H groups in total. The molecule has 1 unspecified atom stereocenters. The summed E-state index contributed by atoms with van der Waals surface area (Å²) in [5.74, 6) is 0. The van der Waals surface area contributed by atoms with Crippen molar-refractivity contribution in [3.63, 3.8) is 0 Å². The summed E-state index contributed by atoms with van der Waals surface area (Å²) in [6, 6.07) is 0.449. The SMILES string of the molecule is CCC(N[C]=S)C(C)(C)C. The van der Waals surface area contributed by atoms with Crippen LogP contribution in [0.2, 0.25) is 0 Å².